The van der Waals surface area contributed by atoms with Crippen LogP contribution in [0.2, 0.25) is 0 Å². The minimum absolute atomic E-state index is 0.0848. The lowest BCUT2D eigenvalue weighted by Gasteiger charge is -2.08. The van der Waals surface area contributed by atoms with Gasteiger partial charge in [0.05, 0.1) is 11.0 Å². The van der Waals surface area contributed by atoms with Crippen LogP contribution in [0.25, 0.3) is 0 Å². The number of nitrogens with zero attached hydrogens (tertiary/aromatic N) is 1. The first-order valence-electron chi connectivity index (χ1n) is 6.86. The van der Waals surface area contributed by atoms with Crippen molar-refractivity contribution >= 4 is 5.69 Å². The van der Waals surface area contributed by atoms with Gasteiger partial charge in [0.15, 0.2) is 0 Å². The molecule has 0 aliphatic heterocycles. The minimum Gasteiger partial charge on any atom is -0.379 e. The van der Waals surface area contributed by atoms with Crippen molar-refractivity contribution in [2.24, 2.45) is 0 Å². The van der Waals surface area contributed by atoms with Gasteiger partial charge in [-0.3, -0.25) is 10.1 Å². The predicted molar refractivity (Wildman–Crippen MR) is 75.0 cm³/mol. The SMILES string of the molecule is CC(C)OCCCCNCc1cc([N+](=O)[O-])c(F)cc1F. The van der Waals surface area contributed by atoms with Crippen LogP contribution >= 0.6 is 0 Å². The smallest absolute Gasteiger partial charge is 0.305 e. The third-order valence-corrected chi connectivity index (χ3v) is 2.83. The molecule has 0 spiro atoms. The molecule has 1 aromatic carbocycles. The van der Waals surface area contributed by atoms with Gasteiger partial charge in [-0.2, -0.15) is 4.39 Å². The number of ether oxygens (including phenoxy) is 1. The third-order valence-electron chi connectivity index (χ3n) is 2.83. The standard InChI is InChI=1S/C14H20F2N2O3/c1-10(2)21-6-4-3-5-17-9-11-7-14(18(19)20)13(16)8-12(11)15/h7-8,10,17H,3-6,9H2,1-2H3. The van der Waals surface area contributed by atoms with Gasteiger partial charge < -0.3 is 10.1 Å². The van der Waals surface area contributed by atoms with E-state index in [1.165, 1.54) is 0 Å². The maximum absolute atomic E-state index is 13.5. The van der Waals surface area contributed by atoms with E-state index in [-0.39, 0.29) is 18.2 Å². The molecular formula is C14H20F2N2O3. The highest BCUT2D eigenvalue weighted by atomic mass is 19.1. The maximum atomic E-state index is 13.5. The number of unbranched alkanes of at least 4 members (excludes halogenated alkanes) is 1. The van der Waals surface area contributed by atoms with Crippen molar-refractivity contribution in [1.29, 1.82) is 0 Å². The molecule has 1 aromatic rings. The second-order valence-electron chi connectivity index (χ2n) is 4.96. The number of nitro benzene ring substituents is 1. The average Bonchev–Trinajstić information content (AvgIpc) is 2.38. The summed E-state index contributed by atoms with van der Waals surface area (Å²) in [4.78, 5) is 9.74. The highest BCUT2D eigenvalue weighted by molar-refractivity contribution is 5.37. The molecule has 0 aliphatic rings. The average molecular weight is 302 g/mol. The van der Waals surface area contributed by atoms with Gasteiger partial charge in [0.25, 0.3) is 0 Å². The van der Waals surface area contributed by atoms with Crippen LogP contribution in [0.3, 0.4) is 0 Å². The van der Waals surface area contributed by atoms with Gasteiger partial charge in [-0.25, -0.2) is 4.39 Å². The van der Waals surface area contributed by atoms with Crippen LogP contribution in [0, 0.1) is 21.7 Å². The summed E-state index contributed by atoms with van der Waals surface area (Å²) in [6.45, 7) is 5.34. The highest BCUT2D eigenvalue weighted by Gasteiger charge is 2.18. The number of hydrogen-bond acceptors (Lipinski definition) is 4. The molecule has 0 radical (unpaired) electrons. The van der Waals surface area contributed by atoms with Crippen molar-refractivity contribution in [3.8, 4) is 0 Å². The molecule has 0 amide bonds. The Bertz CT molecular complexity index is 482. The molecule has 0 aromatic heterocycles. The van der Waals surface area contributed by atoms with Gasteiger partial charge in [-0.1, -0.05) is 0 Å². The number of halogens is 2. The Balaban J connectivity index is 2.38. The molecule has 1 N–H and O–H groups in total. The van der Waals surface area contributed by atoms with Crippen LogP contribution in [0.1, 0.15) is 32.3 Å². The highest BCUT2D eigenvalue weighted by Crippen LogP contribution is 2.21. The largest absolute Gasteiger partial charge is 0.379 e. The molecular weight excluding hydrogens is 282 g/mol. The van der Waals surface area contributed by atoms with Gasteiger partial charge in [-0.15, -0.1) is 0 Å². The number of rotatable bonds is 9. The summed E-state index contributed by atoms with van der Waals surface area (Å²) in [6.07, 6.45) is 1.92. The fraction of sp³-hybridized carbons (Fsp3) is 0.571. The lowest BCUT2D eigenvalue weighted by molar-refractivity contribution is -0.387. The molecule has 0 saturated heterocycles. The number of benzene rings is 1. The van der Waals surface area contributed by atoms with Crippen molar-refractivity contribution < 1.29 is 18.4 Å². The zero-order valence-electron chi connectivity index (χ0n) is 12.2. The normalized spacial score (nSPS) is 11.1. The van der Waals surface area contributed by atoms with Gasteiger partial charge >= 0.3 is 5.69 Å². The summed E-state index contributed by atoms with van der Waals surface area (Å²) < 4.78 is 32.0. The summed E-state index contributed by atoms with van der Waals surface area (Å²) in [5, 5.41) is 13.6. The molecule has 0 heterocycles. The lowest BCUT2D eigenvalue weighted by atomic mass is 10.1. The quantitative estimate of drug-likeness (QED) is 0.432. The molecule has 0 aliphatic carbocycles. The van der Waals surface area contributed by atoms with E-state index < -0.39 is 22.2 Å². The molecule has 0 unspecified atom stereocenters. The zero-order valence-corrected chi connectivity index (χ0v) is 12.2. The minimum atomic E-state index is -1.16. The molecule has 0 saturated carbocycles. The zero-order chi connectivity index (χ0) is 15.8. The van der Waals surface area contributed by atoms with Gasteiger partial charge in [0.2, 0.25) is 5.82 Å². The molecule has 21 heavy (non-hydrogen) atoms. The summed E-state index contributed by atoms with van der Waals surface area (Å²) in [5.41, 5.74) is -0.625. The van der Waals surface area contributed by atoms with Gasteiger partial charge in [0, 0.05) is 30.8 Å². The van der Waals surface area contributed by atoms with Crippen LogP contribution in [-0.2, 0) is 11.3 Å². The molecule has 0 fully saturated rings. The van der Waals surface area contributed by atoms with Crippen molar-refractivity contribution in [2.45, 2.75) is 39.3 Å². The van der Waals surface area contributed by atoms with Gasteiger partial charge in [-0.05, 0) is 33.2 Å². The second kappa shape index (κ2) is 8.63. The van der Waals surface area contributed by atoms with E-state index in [4.69, 9.17) is 4.74 Å². The van der Waals surface area contributed by atoms with Crippen LogP contribution in [0.15, 0.2) is 12.1 Å². The molecule has 118 valence electrons. The Morgan fingerprint density at radius 2 is 2.00 bits per heavy atom. The number of nitrogens with one attached hydrogen (secondary N) is 1. The molecule has 5 nitrogen and oxygen atoms in total. The van der Waals surface area contributed by atoms with Crippen LogP contribution in [0.4, 0.5) is 14.5 Å². The van der Waals surface area contributed by atoms with E-state index >= 15 is 0 Å². The van der Waals surface area contributed by atoms with Gasteiger partial charge in [0.1, 0.15) is 5.82 Å². The lowest BCUT2D eigenvalue weighted by Crippen LogP contribution is -2.17. The Kier molecular flexibility index (Phi) is 7.18. The molecule has 0 atom stereocenters. The first-order valence-corrected chi connectivity index (χ1v) is 6.86. The summed E-state index contributed by atoms with van der Waals surface area (Å²) >= 11 is 0. The summed E-state index contributed by atoms with van der Waals surface area (Å²) in [5.74, 6) is -1.94. The second-order valence-corrected chi connectivity index (χ2v) is 4.96. The fourth-order valence-corrected chi connectivity index (χ4v) is 1.75. The van der Waals surface area contributed by atoms with E-state index in [0.29, 0.717) is 19.2 Å². The first-order chi connectivity index (χ1) is 9.91. The Hall–Kier alpha value is -1.60. The maximum Gasteiger partial charge on any atom is 0.305 e. The van der Waals surface area contributed by atoms with Crippen molar-refractivity contribution in [3.05, 3.63) is 39.4 Å². The van der Waals surface area contributed by atoms with Crippen molar-refractivity contribution in [2.75, 3.05) is 13.2 Å². The van der Waals surface area contributed by atoms with Crippen molar-refractivity contribution in [3.63, 3.8) is 0 Å². The monoisotopic (exact) mass is 302 g/mol. The molecule has 0 bridgehead atoms. The first kappa shape index (κ1) is 17.5. The fourth-order valence-electron chi connectivity index (χ4n) is 1.75. The molecule has 1 rings (SSSR count). The summed E-state index contributed by atoms with van der Waals surface area (Å²) in [6, 6.07) is 1.48. The van der Waals surface area contributed by atoms with Crippen molar-refractivity contribution in [1.82, 2.24) is 5.32 Å². The van der Waals surface area contributed by atoms with E-state index in [0.717, 1.165) is 18.9 Å². The molecule has 7 heteroatoms. The number of nitro groups is 1. The van der Waals surface area contributed by atoms with Crippen LogP contribution < -0.4 is 5.32 Å². The third kappa shape index (κ3) is 6.14. The Morgan fingerprint density at radius 1 is 1.29 bits per heavy atom. The van der Waals surface area contributed by atoms with E-state index in [2.05, 4.69) is 5.32 Å². The summed E-state index contributed by atoms with van der Waals surface area (Å²) in [7, 11) is 0. The van der Waals surface area contributed by atoms with E-state index in [1.54, 1.807) is 0 Å². The Labute approximate surface area is 122 Å². The van der Waals surface area contributed by atoms with E-state index in [9.17, 15) is 18.9 Å². The van der Waals surface area contributed by atoms with E-state index in [1.807, 2.05) is 13.8 Å². The number of hydrogen-bond donors (Lipinski definition) is 1. The van der Waals surface area contributed by atoms with Crippen LogP contribution in [0.5, 0.6) is 0 Å². The van der Waals surface area contributed by atoms with Crippen LogP contribution in [-0.4, -0.2) is 24.2 Å². The predicted octanol–water partition coefficient (Wildman–Crippen LogP) is 3.17. The topological polar surface area (TPSA) is 64.4 Å². The Morgan fingerprint density at radius 3 is 2.62 bits per heavy atom.